The fourth-order valence-corrected chi connectivity index (χ4v) is 5.27. The zero-order chi connectivity index (χ0) is 19.4. The first-order chi connectivity index (χ1) is 12.9. The highest BCUT2D eigenvalue weighted by molar-refractivity contribution is 8.00. The summed E-state index contributed by atoms with van der Waals surface area (Å²) in [6.07, 6.45) is 2.25. The lowest BCUT2D eigenvalue weighted by Gasteiger charge is -2.44. The van der Waals surface area contributed by atoms with Crippen LogP contribution in [0.5, 0.6) is 5.75 Å². The number of urea groups is 1. The van der Waals surface area contributed by atoms with E-state index in [4.69, 9.17) is 4.74 Å². The van der Waals surface area contributed by atoms with Crippen LogP contribution in [0, 0.1) is 5.92 Å². The number of nitrogens with one attached hydrogen (secondary N) is 1. The maximum Gasteiger partial charge on any atom is 0.321 e. The minimum atomic E-state index is -0.126. The predicted molar refractivity (Wildman–Crippen MR) is 109 cm³/mol. The molecule has 2 aliphatic rings. The molecule has 1 spiro atoms. The first-order valence-electron chi connectivity index (χ1n) is 9.58. The molecule has 1 N–H and O–H groups in total. The molecular formula is C20H29N3O3S. The Morgan fingerprint density at radius 1 is 1.26 bits per heavy atom. The molecule has 0 saturated carbocycles. The normalized spacial score (nSPS) is 18.8. The Kier molecular flexibility index (Phi) is 6.19. The second-order valence-corrected chi connectivity index (χ2v) is 9.04. The van der Waals surface area contributed by atoms with E-state index in [-0.39, 0.29) is 16.8 Å². The van der Waals surface area contributed by atoms with Crippen molar-refractivity contribution >= 4 is 29.4 Å². The van der Waals surface area contributed by atoms with Crippen LogP contribution in [0.1, 0.15) is 33.1 Å². The fourth-order valence-electron chi connectivity index (χ4n) is 3.80. The van der Waals surface area contributed by atoms with Crippen molar-refractivity contribution in [1.29, 1.82) is 0 Å². The third kappa shape index (κ3) is 4.51. The number of thioether (sulfide) groups is 1. The number of rotatable bonds is 4. The molecule has 0 radical (unpaired) electrons. The van der Waals surface area contributed by atoms with Crippen molar-refractivity contribution in [2.24, 2.45) is 5.92 Å². The smallest absolute Gasteiger partial charge is 0.321 e. The largest absolute Gasteiger partial charge is 0.497 e. The topological polar surface area (TPSA) is 61.9 Å². The maximum atomic E-state index is 12.7. The standard InChI is InChI=1S/C20H29N3O3S/c1-15(2)13-18(24)23-11-12-27-20(23)7-9-22(10-8-20)19(25)21-16-5-4-6-17(14-16)26-3/h4-6,14-15H,7-13H2,1-3H3,(H,21,25). The van der Waals surface area contributed by atoms with Gasteiger partial charge in [-0.15, -0.1) is 11.8 Å². The van der Waals surface area contributed by atoms with Crippen LogP contribution in [0.2, 0.25) is 0 Å². The second kappa shape index (κ2) is 8.42. The lowest BCUT2D eigenvalue weighted by Crippen LogP contribution is -2.54. The Bertz CT molecular complexity index is 687. The van der Waals surface area contributed by atoms with Crippen LogP contribution in [0.3, 0.4) is 0 Å². The highest BCUT2D eigenvalue weighted by Crippen LogP contribution is 2.44. The van der Waals surface area contributed by atoms with E-state index in [9.17, 15) is 9.59 Å². The molecule has 3 rings (SSSR count). The van der Waals surface area contributed by atoms with Gasteiger partial charge in [-0.25, -0.2) is 4.79 Å². The molecule has 0 bridgehead atoms. The number of piperidine rings is 1. The van der Waals surface area contributed by atoms with Crippen LogP contribution in [-0.2, 0) is 4.79 Å². The zero-order valence-electron chi connectivity index (χ0n) is 16.4. The van der Waals surface area contributed by atoms with E-state index in [0.29, 0.717) is 31.2 Å². The minimum Gasteiger partial charge on any atom is -0.497 e. The molecule has 2 heterocycles. The molecule has 0 aliphatic carbocycles. The third-order valence-corrected chi connectivity index (χ3v) is 6.77. The Morgan fingerprint density at radius 3 is 2.67 bits per heavy atom. The Morgan fingerprint density at radius 2 is 2.00 bits per heavy atom. The van der Waals surface area contributed by atoms with Gasteiger partial charge >= 0.3 is 6.03 Å². The van der Waals surface area contributed by atoms with Crippen molar-refractivity contribution in [2.75, 3.05) is 37.8 Å². The van der Waals surface area contributed by atoms with Crippen molar-refractivity contribution < 1.29 is 14.3 Å². The average Bonchev–Trinajstić information content (AvgIpc) is 3.05. The molecule has 7 heteroatoms. The maximum absolute atomic E-state index is 12.7. The van der Waals surface area contributed by atoms with Gasteiger partial charge in [0.1, 0.15) is 5.75 Å². The highest BCUT2D eigenvalue weighted by Gasteiger charge is 2.46. The fraction of sp³-hybridized carbons (Fsp3) is 0.600. The molecule has 2 fully saturated rings. The molecule has 1 aromatic rings. The molecule has 0 unspecified atom stereocenters. The summed E-state index contributed by atoms with van der Waals surface area (Å²) in [5.41, 5.74) is 0.726. The average molecular weight is 392 g/mol. The van der Waals surface area contributed by atoms with Gasteiger partial charge in [0.25, 0.3) is 0 Å². The Hall–Kier alpha value is -1.89. The summed E-state index contributed by atoms with van der Waals surface area (Å²) >= 11 is 1.88. The summed E-state index contributed by atoms with van der Waals surface area (Å²) < 4.78 is 5.20. The van der Waals surface area contributed by atoms with Gasteiger partial charge in [-0.3, -0.25) is 4.79 Å². The van der Waals surface area contributed by atoms with Crippen molar-refractivity contribution in [1.82, 2.24) is 9.80 Å². The van der Waals surface area contributed by atoms with Crippen LogP contribution in [0.15, 0.2) is 24.3 Å². The van der Waals surface area contributed by atoms with Gasteiger partial charge in [-0.1, -0.05) is 19.9 Å². The van der Waals surface area contributed by atoms with E-state index in [1.54, 1.807) is 7.11 Å². The number of methoxy groups -OCH3 is 1. The van der Waals surface area contributed by atoms with Crippen LogP contribution in [0.4, 0.5) is 10.5 Å². The van der Waals surface area contributed by atoms with Gasteiger partial charge in [-0.05, 0) is 30.9 Å². The van der Waals surface area contributed by atoms with Gasteiger partial charge in [0, 0.05) is 43.6 Å². The van der Waals surface area contributed by atoms with E-state index in [1.807, 2.05) is 40.9 Å². The van der Waals surface area contributed by atoms with E-state index < -0.39 is 0 Å². The summed E-state index contributed by atoms with van der Waals surface area (Å²) in [5, 5.41) is 2.95. The first kappa shape index (κ1) is 19.9. The summed E-state index contributed by atoms with van der Waals surface area (Å²) in [4.78, 5) is 29.1. The van der Waals surface area contributed by atoms with Crippen LogP contribution >= 0.6 is 11.8 Å². The molecule has 27 heavy (non-hydrogen) atoms. The number of anilines is 1. The number of hydrogen-bond acceptors (Lipinski definition) is 4. The van der Waals surface area contributed by atoms with E-state index in [2.05, 4.69) is 24.1 Å². The monoisotopic (exact) mass is 391 g/mol. The summed E-state index contributed by atoms with van der Waals surface area (Å²) in [7, 11) is 1.61. The van der Waals surface area contributed by atoms with E-state index >= 15 is 0 Å². The summed E-state index contributed by atoms with van der Waals surface area (Å²) in [5.74, 6) is 2.32. The summed E-state index contributed by atoms with van der Waals surface area (Å²) in [6.45, 7) is 6.31. The van der Waals surface area contributed by atoms with Crippen LogP contribution in [-0.4, -0.2) is 59.1 Å². The molecule has 0 atom stereocenters. The van der Waals surface area contributed by atoms with Gasteiger partial charge < -0.3 is 19.9 Å². The van der Waals surface area contributed by atoms with Crippen molar-refractivity contribution in [3.8, 4) is 5.75 Å². The van der Waals surface area contributed by atoms with Crippen molar-refractivity contribution in [2.45, 2.75) is 38.0 Å². The van der Waals surface area contributed by atoms with Crippen LogP contribution in [0.25, 0.3) is 0 Å². The lowest BCUT2D eigenvalue weighted by atomic mass is 10.0. The van der Waals surface area contributed by atoms with Crippen molar-refractivity contribution in [3.63, 3.8) is 0 Å². The van der Waals surface area contributed by atoms with E-state index in [0.717, 1.165) is 30.8 Å². The first-order valence-corrected chi connectivity index (χ1v) is 10.6. The number of likely N-dealkylation sites (tertiary alicyclic amines) is 1. The molecule has 3 amide bonds. The molecular weight excluding hydrogens is 362 g/mol. The highest BCUT2D eigenvalue weighted by atomic mass is 32.2. The van der Waals surface area contributed by atoms with Gasteiger partial charge in [0.15, 0.2) is 0 Å². The molecule has 148 valence electrons. The molecule has 0 aromatic heterocycles. The number of carbonyl (C=O) groups is 2. The minimum absolute atomic E-state index is 0.0962. The number of benzene rings is 1. The predicted octanol–water partition coefficient (Wildman–Crippen LogP) is 3.64. The number of hydrogen-bond donors (Lipinski definition) is 1. The molecule has 2 aliphatic heterocycles. The molecule has 6 nitrogen and oxygen atoms in total. The lowest BCUT2D eigenvalue weighted by molar-refractivity contribution is -0.135. The van der Waals surface area contributed by atoms with Gasteiger partial charge in [0.05, 0.1) is 12.0 Å². The van der Waals surface area contributed by atoms with E-state index in [1.165, 1.54) is 0 Å². The van der Waals surface area contributed by atoms with Crippen LogP contribution < -0.4 is 10.1 Å². The SMILES string of the molecule is COc1cccc(NC(=O)N2CCC3(CC2)SCCN3C(=O)CC(C)C)c1. The Balaban J connectivity index is 1.59. The quantitative estimate of drug-likeness (QED) is 0.851. The molecule has 2 saturated heterocycles. The van der Waals surface area contributed by atoms with Gasteiger partial charge in [-0.2, -0.15) is 0 Å². The van der Waals surface area contributed by atoms with Crippen molar-refractivity contribution in [3.05, 3.63) is 24.3 Å². The third-order valence-electron chi connectivity index (χ3n) is 5.21. The number of nitrogens with zero attached hydrogens (tertiary/aromatic N) is 2. The Labute approximate surface area is 165 Å². The molecule has 1 aromatic carbocycles. The zero-order valence-corrected chi connectivity index (χ0v) is 17.2. The number of ether oxygens (including phenoxy) is 1. The summed E-state index contributed by atoms with van der Waals surface area (Å²) in [6, 6.07) is 7.27. The van der Waals surface area contributed by atoms with Gasteiger partial charge in [0.2, 0.25) is 5.91 Å². The number of carbonyl (C=O) groups excluding carboxylic acids is 2. The number of amides is 3. The second-order valence-electron chi connectivity index (χ2n) is 7.59.